The van der Waals surface area contributed by atoms with Crippen LogP contribution < -0.4 is 10.6 Å². The van der Waals surface area contributed by atoms with Gasteiger partial charge in [0.15, 0.2) is 5.69 Å². The first-order valence-corrected chi connectivity index (χ1v) is 7.63. The second-order valence-electron chi connectivity index (χ2n) is 5.23. The summed E-state index contributed by atoms with van der Waals surface area (Å²) in [5, 5.41) is 9.50. The molecular weight excluding hydrogens is 320 g/mol. The maximum Gasteiger partial charge on any atom is 0.277 e. The Morgan fingerprint density at radius 3 is 2.20 bits per heavy atom. The number of pyridine rings is 2. The molecule has 2 amide bonds. The second kappa shape index (κ2) is 7.35. The van der Waals surface area contributed by atoms with Gasteiger partial charge < -0.3 is 10.6 Å². The molecule has 1 unspecified atom stereocenters. The van der Waals surface area contributed by atoms with Crippen molar-refractivity contribution in [1.82, 2.24) is 19.7 Å². The van der Waals surface area contributed by atoms with Crippen LogP contribution in [0.2, 0.25) is 0 Å². The summed E-state index contributed by atoms with van der Waals surface area (Å²) in [7, 11) is 0. The van der Waals surface area contributed by atoms with Gasteiger partial charge in [0.25, 0.3) is 5.91 Å². The van der Waals surface area contributed by atoms with Crippen molar-refractivity contribution in [1.29, 1.82) is 0 Å². The minimum absolute atomic E-state index is 0.197. The summed E-state index contributed by atoms with van der Waals surface area (Å²) in [5.74, 6) is 0.218. The molecule has 0 saturated carbocycles. The molecule has 8 heteroatoms. The number of amides is 2. The van der Waals surface area contributed by atoms with Crippen molar-refractivity contribution >= 4 is 23.5 Å². The molecule has 8 nitrogen and oxygen atoms in total. The largest absolute Gasteiger partial charge is 0.309 e. The van der Waals surface area contributed by atoms with Crippen molar-refractivity contribution in [3.05, 3.63) is 66.7 Å². The summed E-state index contributed by atoms with van der Waals surface area (Å²) >= 11 is 0. The molecule has 126 valence electrons. The van der Waals surface area contributed by atoms with Crippen LogP contribution in [0.1, 0.15) is 23.5 Å². The average Bonchev–Trinajstić information content (AvgIpc) is 3.13. The molecule has 1 atom stereocenters. The first kappa shape index (κ1) is 16.3. The molecular formula is C17H16N6O2. The third-order valence-electron chi connectivity index (χ3n) is 3.44. The van der Waals surface area contributed by atoms with E-state index in [-0.39, 0.29) is 11.6 Å². The van der Waals surface area contributed by atoms with Gasteiger partial charge in [-0.15, -0.1) is 0 Å². The summed E-state index contributed by atoms with van der Waals surface area (Å²) in [6.45, 7) is 1.69. The van der Waals surface area contributed by atoms with E-state index in [1.165, 1.54) is 4.68 Å². The van der Waals surface area contributed by atoms with Crippen LogP contribution in [-0.4, -0.2) is 31.6 Å². The van der Waals surface area contributed by atoms with Gasteiger partial charge in [0.05, 0.1) is 0 Å². The maximum atomic E-state index is 12.3. The molecule has 0 saturated heterocycles. The molecule has 0 aliphatic carbocycles. The average molecular weight is 336 g/mol. The third-order valence-corrected chi connectivity index (χ3v) is 3.44. The van der Waals surface area contributed by atoms with Gasteiger partial charge in [-0.25, -0.2) is 9.97 Å². The molecule has 3 aromatic rings. The van der Waals surface area contributed by atoms with Crippen LogP contribution in [0.25, 0.3) is 0 Å². The number of anilines is 2. The standard InChI is InChI=1S/C17H16N6O2/c1-12(16(24)20-14-6-2-4-9-18-14)23-11-8-13(22-23)17(25)21-15-7-3-5-10-19-15/h2-12H,1H3,(H,18,20,24)(H,19,21,25). The van der Waals surface area contributed by atoms with Gasteiger partial charge in [-0.05, 0) is 37.3 Å². The van der Waals surface area contributed by atoms with Gasteiger partial charge in [-0.1, -0.05) is 12.1 Å². The summed E-state index contributed by atoms with van der Waals surface area (Å²) < 4.78 is 1.42. The molecule has 3 rings (SSSR count). The Hall–Kier alpha value is -3.55. The number of rotatable bonds is 5. The Balaban J connectivity index is 1.66. The number of nitrogens with zero attached hydrogens (tertiary/aromatic N) is 4. The van der Waals surface area contributed by atoms with Crippen LogP contribution in [-0.2, 0) is 4.79 Å². The smallest absolute Gasteiger partial charge is 0.277 e. The van der Waals surface area contributed by atoms with Gasteiger partial charge in [0, 0.05) is 18.6 Å². The topological polar surface area (TPSA) is 102 Å². The highest BCUT2D eigenvalue weighted by Crippen LogP contribution is 2.11. The van der Waals surface area contributed by atoms with Crippen molar-refractivity contribution in [3.8, 4) is 0 Å². The minimum atomic E-state index is -0.599. The van der Waals surface area contributed by atoms with Crippen LogP contribution in [0.15, 0.2) is 61.1 Å². The number of carbonyl (C=O) groups excluding carboxylic acids is 2. The van der Waals surface area contributed by atoms with Crippen LogP contribution in [0.5, 0.6) is 0 Å². The molecule has 0 aromatic carbocycles. The molecule has 0 spiro atoms. The predicted octanol–water partition coefficient (Wildman–Crippen LogP) is 2.13. The number of nitrogens with one attached hydrogen (secondary N) is 2. The molecule has 25 heavy (non-hydrogen) atoms. The van der Waals surface area contributed by atoms with E-state index in [1.54, 1.807) is 68.0 Å². The summed E-state index contributed by atoms with van der Waals surface area (Å²) in [5.41, 5.74) is 0.197. The Bertz CT molecular complexity index is 863. The number of hydrogen-bond donors (Lipinski definition) is 2. The lowest BCUT2D eigenvalue weighted by atomic mass is 10.3. The highest BCUT2D eigenvalue weighted by molar-refractivity contribution is 6.02. The normalized spacial score (nSPS) is 11.6. The van der Waals surface area contributed by atoms with E-state index >= 15 is 0 Å². The van der Waals surface area contributed by atoms with Crippen molar-refractivity contribution in [2.75, 3.05) is 10.6 Å². The summed E-state index contributed by atoms with van der Waals surface area (Å²) in [6.07, 6.45) is 4.75. The molecule has 0 aliphatic rings. The van der Waals surface area contributed by atoms with Crippen LogP contribution in [0.4, 0.5) is 11.6 Å². The van der Waals surface area contributed by atoms with Crippen LogP contribution in [0.3, 0.4) is 0 Å². The molecule has 0 radical (unpaired) electrons. The Kier molecular flexibility index (Phi) is 4.79. The Morgan fingerprint density at radius 1 is 0.960 bits per heavy atom. The lowest BCUT2D eigenvalue weighted by Gasteiger charge is -2.12. The summed E-state index contributed by atoms with van der Waals surface area (Å²) in [4.78, 5) is 32.5. The lowest BCUT2D eigenvalue weighted by molar-refractivity contribution is -0.119. The molecule has 0 fully saturated rings. The van der Waals surface area contributed by atoms with E-state index < -0.39 is 11.9 Å². The second-order valence-corrected chi connectivity index (χ2v) is 5.23. The fraction of sp³-hybridized carbons (Fsp3) is 0.118. The zero-order valence-corrected chi connectivity index (χ0v) is 13.5. The van der Waals surface area contributed by atoms with Crippen LogP contribution in [0, 0.1) is 0 Å². The zero-order chi connectivity index (χ0) is 17.6. The number of hydrogen-bond acceptors (Lipinski definition) is 5. The molecule has 3 aromatic heterocycles. The Morgan fingerprint density at radius 2 is 1.60 bits per heavy atom. The maximum absolute atomic E-state index is 12.3. The van der Waals surface area contributed by atoms with Gasteiger partial charge >= 0.3 is 0 Å². The van der Waals surface area contributed by atoms with Crippen molar-refractivity contribution < 1.29 is 9.59 Å². The summed E-state index contributed by atoms with van der Waals surface area (Å²) in [6, 6.07) is 11.4. The highest BCUT2D eigenvalue weighted by Gasteiger charge is 2.18. The SMILES string of the molecule is CC(C(=O)Nc1ccccn1)n1ccc(C(=O)Nc2ccccn2)n1. The van der Waals surface area contributed by atoms with Gasteiger partial charge in [0.2, 0.25) is 5.91 Å². The fourth-order valence-electron chi connectivity index (χ4n) is 2.08. The Labute approximate surface area is 143 Å². The fourth-order valence-corrected chi connectivity index (χ4v) is 2.08. The first-order chi connectivity index (χ1) is 12.1. The van der Waals surface area contributed by atoms with Crippen molar-refractivity contribution in [2.45, 2.75) is 13.0 Å². The number of carbonyl (C=O) groups is 2. The van der Waals surface area contributed by atoms with Crippen molar-refractivity contribution in [2.24, 2.45) is 0 Å². The molecule has 0 aliphatic heterocycles. The monoisotopic (exact) mass is 336 g/mol. The van der Waals surface area contributed by atoms with E-state index in [0.717, 1.165) is 0 Å². The quantitative estimate of drug-likeness (QED) is 0.743. The van der Waals surface area contributed by atoms with E-state index in [1.807, 2.05) is 0 Å². The molecule has 0 bridgehead atoms. The molecule has 2 N–H and O–H groups in total. The van der Waals surface area contributed by atoms with E-state index in [4.69, 9.17) is 0 Å². The lowest BCUT2D eigenvalue weighted by Crippen LogP contribution is -2.25. The highest BCUT2D eigenvalue weighted by atomic mass is 16.2. The van der Waals surface area contributed by atoms with E-state index in [0.29, 0.717) is 11.6 Å². The first-order valence-electron chi connectivity index (χ1n) is 7.63. The van der Waals surface area contributed by atoms with E-state index in [2.05, 4.69) is 25.7 Å². The minimum Gasteiger partial charge on any atom is -0.309 e. The zero-order valence-electron chi connectivity index (χ0n) is 13.5. The van der Waals surface area contributed by atoms with Crippen LogP contribution >= 0.6 is 0 Å². The number of aromatic nitrogens is 4. The van der Waals surface area contributed by atoms with Crippen molar-refractivity contribution in [3.63, 3.8) is 0 Å². The van der Waals surface area contributed by atoms with Gasteiger partial charge in [0.1, 0.15) is 17.7 Å². The third kappa shape index (κ3) is 4.05. The van der Waals surface area contributed by atoms with Gasteiger partial charge in [-0.2, -0.15) is 5.10 Å². The molecule has 3 heterocycles. The predicted molar refractivity (Wildman–Crippen MR) is 92.0 cm³/mol. The van der Waals surface area contributed by atoms with Gasteiger partial charge in [-0.3, -0.25) is 14.3 Å². The van der Waals surface area contributed by atoms with E-state index in [9.17, 15) is 9.59 Å².